The molecule has 6 nitrogen and oxygen atoms in total. The van der Waals surface area contributed by atoms with Crippen molar-refractivity contribution in [3.63, 3.8) is 0 Å². The molecule has 18 heavy (non-hydrogen) atoms. The van der Waals surface area contributed by atoms with Gasteiger partial charge in [0, 0.05) is 22.2 Å². The fraction of sp³-hybridized carbons (Fsp3) is 0.364. The summed E-state index contributed by atoms with van der Waals surface area (Å²) in [7, 11) is 0. The third-order valence-corrected chi connectivity index (χ3v) is 2.10. The molecule has 0 aliphatic carbocycles. The first-order valence-electron chi connectivity index (χ1n) is 5.18. The predicted molar refractivity (Wildman–Crippen MR) is 70.3 cm³/mol. The highest BCUT2D eigenvalue weighted by Crippen LogP contribution is 2.32. The molecule has 0 fully saturated rings. The van der Waals surface area contributed by atoms with Crippen LogP contribution in [0.1, 0.15) is 26.3 Å². The van der Waals surface area contributed by atoms with E-state index in [0.29, 0.717) is 0 Å². The van der Waals surface area contributed by atoms with Gasteiger partial charge in [-0.15, -0.1) is 0 Å². The lowest BCUT2D eigenvalue weighted by molar-refractivity contribution is -0.385. The first kappa shape index (κ1) is 14.2. The molecule has 0 aliphatic rings. The molecule has 0 radical (unpaired) electrons. The maximum Gasteiger partial charge on any atom is 0.312 e. The van der Waals surface area contributed by atoms with Crippen molar-refractivity contribution in [2.75, 3.05) is 0 Å². The van der Waals surface area contributed by atoms with E-state index in [9.17, 15) is 15.2 Å². The van der Waals surface area contributed by atoms with Gasteiger partial charge in [0.1, 0.15) is 0 Å². The highest BCUT2D eigenvalue weighted by Gasteiger charge is 2.17. The number of hydrogen-bond acceptors (Lipinski definition) is 5. The minimum Gasteiger partial charge on any atom is -0.502 e. The topological polar surface area (TPSA) is 87.8 Å². The van der Waals surface area contributed by atoms with Gasteiger partial charge in [-0.05, 0) is 26.8 Å². The van der Waals surface area contributed by atoms with Crippen LogP contribution in [0.15, 0.2) is 17.2 Å². The molecule has 0 spiro atoms. The van der Waals surface area contributed by atoms with Gasteiger partial charge in [0.2, 0.25) is 5.75 Å². The summed E-state index contributed by atoms with van der Waals surface area (Å²) in [4.78, 5) is 9.99. The summed E-state index contributed by atoms with van der Waals surface area (Å²) >= 11 is 5.74. The predicted octanol–water partition coefficient (Wildman–Crippen LogP) is 2.68. The van der Waals surface area contributed by atoms with Crippen LogP contribution >= 0.6 is 11.6 Å². The molecule has 0 heterocycles. The van der Waals surface area contributed by atoms with Crippen LogP contribution in [0.5, 0.6) is 5.75 Å². The van der Waals surface area contributed by atoms with E-state index in [4.69, 9.17) is 11.6 Å². The number of nitrogens with zero attached hydrogens (tertiary/aromatic N) is 2. The fourth-order valence-electron chi connectivity index (χ4n) is 1.14. The van der Waals surface area contributed by atoms with Crippen molar-refractivity contribution < 1.29 is 10.0 Å². The van der Waals surface area contributed by atoms with Crippen LogP contribution in [-0.4, -0.2) is 21.8 Å². The van der Waals surface area contributed by atoms with E-state index < -0.39 is 16.4 Å². The number of rotatable bonds is 3. The minimum atomic E-state index is -0.699. The standard InChI is InChI=1S/C11H14ClN3O3/c1-11(2,3)14-13-6-7-4-8(12)5-9(10(7)16)15(17)18/h4-6,14,16H,1-3H3/b13-6-. The van der Waals surface area contributed by atoms with Gasteiger partial charge < -0.3 is 10.5 Å². The van der Waals surface area contributed by atoms with Gasteiger partial charge in [0.05, 0.1) is 11.1 Å². The number of hydrazone groups is 1. The number of hydrogen-bond donors (Lipinski definition) is 2. The Morgan fingerprint density at radius 3 is 2.61 bits per heavy atom. The molecule has 1 rings (SSSR count). The summed E-state index contributed by atoms with van der Waals surface area (Å²) in [5, 5.41) is 24.4. The van der Waals surface area contributed by atoms with Crippen molar-refractivity contribution in [1.29, 1.82) is 0 Å². The number of aromatic hydroxyl groups is 1. The summed E-state index contributed by atoms with van der Waals surface area (Å²) in [5.74, 6) is -0.455. The van der Waals surface area contributed by atoms with Gasteiger partial charge >= 0.3 is 5.69 Å². The molecule has 0 aromatic heterocycles. The Morgan fingerprint density at radius 1 is 1.50 bits per heavy atom. The summed E-state index contributed by atoms with van der Waals surface area (Å²) in [6.45, 7) is 5.72. The van der Waals surface area contributed by atoms with E-state index >= 15 is 0 Å². The van der Waals surface area contributed by atoms with E-state index in [0.717, 1.165) is 6.07 Å². The summed E-state index contributed by atoms with van der Waals surface area (Å²) < 4.78 is 0. The Balaban J connectivity index is 3.06. The molecule has 0 saturated heterocycles. The van der Waals surface area contributed by atoms with Gasteiger partial charge in [-0.2, -0.15) is 5.10 Å². The van der Waals surface area contributed by atoms with Crippen molar-refractivity contribution in [1.82, 2.24) is 5.43 Å². The number of halogens is 1. The zero-order chi connectivity index (χ0) is 13.9. The molecule has 7 heteroatoms. The second-order valence-electron chi connectivity index (χ2n) is 4.74. The van der Waals surface area contributed by atoms with Gasteiger partial charge in [-0.1, -0.05) is 11.6 Å². The van der Waals surface area contributed by atoms with Crippen LogP contribution in [0.3, 0.4) is 0 Å². The molecule has 1 aromatic rings. The van der Waals surface area contributed by atoms with E-state index in [1.165, 1.54) is 12.3 Å². The van der Waals surface area contributed by atoms with Crippen LogP contribution in [0.4, 0.5) is 5.69 Å². The van der Waals surface area contributed by atoms with Crippen molar-refractivity contribution in [3.8, 4) is 5.75 Å². The van der Waals surface area contributed by atoms with Crippen LogP contribution in [-0.2, 0) is 0 Å². The molecule has 0 atom stereocenters. The van der Waals surface area contributed by atoms with Crippen LogP contribution < -0.4 is 5.43 Å². The first-order chi connectivity index (χ1) is 8.20. The number of phenols is 1. The third-order valence-electron chi connectivity index (χ3n) is 1.88. The number of benzene rings is 1. The quantitative estimate of drug-likeness (QED) is 0.503. The lowest BCUT2D eigenvalue weighted by Crippen LogP contribution is -2.31. The molecule has 0 aliphatic heterocycles. The van der Waals surface area contributed by atoms with Crippen molar-refractivity contribution in [2.24, 2.45) is 5.10 Å². The first-order valence-corrected chi connectivity index (χ1v) is 5.55. The molecule has 0 bridgehead atoms. The lowest BCUT2D eigenvalue weighted by Gasteiger charge is -2.17. The highest BCUT2D eigenvalue weighted by atomic mass is 35.5. The van der Waals surface area contributed by atoms with Gasteiger partial charge in [-0.3, -0.25) is 10.1 Å². The van der Waals surface area contributed by atoms with Crippen LogP contribution in [0, 0.1) is 10.1 Å². The van der Waals surface area contributed by atoms with Crippen LogP contribution in [0.25, 0.3) is 0 Å². The Bertz CT molecular complexity index is 495. The summed E-state index contributed by atoms with van der Waals surface area (Å²) in [5.41, 5.74) is 2.31. The summed E-state index contributed by atoms with van der Waals surface area (Å²) in [6, 6.07) is 2.49. The van der Waals surface area contributed by atoms with Crippen molar-refractivity contribution in [2.45, 2.75) is 26.3 Å². The number of nitrogens with one attached hydrogen (secondary N) is 1. The Hall–Kier alpha value is -1.82. The smallest absolute Gasteiger partial charge is 0.312 e. The lowest BCUT2D eigenvalue weighted by atomic mass is 10.1. The number of nitro groups is 1. The second kappa shape index (κ2) is 5.22. The minimum absolute atomic E-state index is 0.164. The maximum absolute atomic E-state index is 10.7. The molecule has 1 aromatic carbocycles. The maximum atomic E-state index is 10.7. The molecular weight excluding hydrogens is 258 g/mol. The normalized spacial score (nSPS) is 11.8. The Kier molecular flexibility index (Phi) is 4.13. The highest BCUT2D eigenvalue weighted by molar-refractivity contribution is 6.31. The largest absolute Gasteiger partial charge is 0.502 e. The van der Waals surface area contributed by atoms with Crippen molar-refractivity contribution >= 4 is 23.5 Å². The molecule has 0 saturated carbocycles. The zero-order valence-corrected chi connectivity index (χ0v) is 11.0. The average Bonchev–Trinajstić information content (AvgIpc) is 2.20. The van der Waals surface area contributed by atoms with E-state index in [2.05, 4.69) is 10.5 Å². The monoisotopic (exact) mass is 271 g/mol. The molecule has 2 N–H and O–H groups in total. The second-order valence-corrected chi connectivity index (χ2v) is 5.18. The third kappa shape index (κ3) is 3.89. The zero-order valence-electron chi connectivity index (χ0n) is 10.3. The summed E-state index contributed by atoms with van der Waals surface area (Å²) in [6.07, 6.45) is 1.29. The average molecular weight is 272 g/mol. The van der Waals surface area contributed by atoms with Crippen LogP contribution in [0.2, 0.25) is 5.02 Å². The Morgan fingerprint density at radius 2 is 2.11 bits per heavy atom. The van der Waals surface area contributed by atoms with Gasteiger partial charge in [0.25, 0.3) is 0 Å². The SMILES string of the molecule is CC(C)(C)N/N=C\c1cc(Cl)cc([N+](=O)[O-])c1O. The Labute approximate surface area is 109 Å². The van der Waals surface area contributed by atoms with Crippen molar-refractivity contribution in [3.05, 3.63) is 32.8 Å². The molecule has 0 amide bonds. The molecular formula is C11H14ClN3O3. The van der Waals surface area contributed by atoms with E-state index in [1.807, 2.05) is 20.8 Å². The fourth-order valence-corrected chi connectivity index (χ4v) is 1.36. The number of nitro benzene ring substituents is 1. The number of phenolic OH excluding ortho intramolecular Hbond substituents is 1. The van der Waals surface area contributed by atoms with Gasteiger partial charge in [-0.25, -0.2) is 0 Å². The molecule has 0 unspecified atom stereocenters. The molecule has 98 valence electrons. The van der Waals surface area contributed by atoms with E-state index in [-0.39, 0.29) is 16.1 Å². The van der Waals surface area contributed by atoms with Gasteiger partial charge in [0.15, 0.2) is 0 Å². The van der Waals surface area contributed by atoms with E-state index in [1.54, 1.807) is 0 Å².